The lowest BCUT2D eigenvalue weighted by atomic mass is 9.75. The predicted molar refractivity (Wildman–Crippen MR) is 102 cm³/mol. The van der Waals surface area contributed by atoms with Crippen molar-refractivity contribution in [3.63, 3.8) is 0 Å². The molecule has 3 fully saturated rings. The van der Waals surface area contributed by atoms with Gasteiger partial charge in [0.05, 0.1) is 12.1 Å². The van der Waals surface area contributed by atoms with Crippen molar-refractivity contribution in [2.45, 2.75) is 25.1 Å². The predicted octanol–water partition coefficient (Wildman–Crippen LogP) is 2.71. The van der Waals surface area contributed by atoms with E-state index in [0.717, 1.165) is 44.6 Å². The van der Waals surface area contributed by atoms with Gasteiger partial charge in [-0.25, -0.2) is 0 Å². The molecule has 1 aromatic carbocycles. The molecule has 28 heavy (non-hydrogen) atoms. The summed E-state index contributed by atoms with van der Waals surface area (Å²) < 4.78 is 37.9. The van der Waals surface area contributed by atoms with Crippen molar-refractivity contribution in [1.82, 2.24) is 15.1 Å². The minimum Gasteiger partial charge on any atom is -0.350 e. The number of hydrogen-bond acceptors (Lipinski definition) is 3. The fourth-order valence-corrected chi connectivity index (χ4v) is 4.41. The van der Waals surface area contributed by atoms with Gasteiger partial charge in [0, 0.05) is 31.2 Å². The maximum absolute atomic E-state index is 12.6. The third kappa shape index (κ3) is 4.86. The molecule has 4 atom stereocenters. The van der Waals surface area contributed by atoms with Crippen LogP contribution < -0.4 is 5.32 Å². The van der Waals surface area contributed by atoms with E-state index in [0.29, 0.717) is 24.9 Å². The summed E-state index contributed by atoms with van der Waals surface area (Å²) in [6, 6.07) is 4.62. The van der Waals surface area contributed by atoms with Gasteiger partial charge in [-0.3, -0.25) is 14.6 Å². The molecule has 0 radical (unpaired) electrons. The highest BCUT2D eigenvalue weighted by Gasteiger charge is 2.40. The number of nitrogens with one attached hydrogen (secondary N) is 1. The van der Waals surface area contributed by atoms with Gasteiger partial charge in [0.1, 0.15) is 0 Å². The van der Waals surface area contributed by atoms with Crippen molar-refractivity contribution >= 4 is 5.91 Å². The number of carbonyl (C=O) groups is 1. The zero-order valence-electron chi connectivity index (χ0n) is 16.0. The van der Waals surface area contributed by atoms with Crippen molar-refractivity contribution < 1.29 is 18.0 Å². The molecule has 3 aliphatic rings. The van der Waals surface area contributed by atoms with Crippen LogP contribution in [0.3, 0.4) is 0 Å². The molecule has 0 aromatic heterocycles. The highest BCUT2D eigenvalue weighted by Crippen LogP contribution is 2.36. The summed E-state index contributed by atoms with van der Waals surface area (Å²) in [7, 11) is 2.04. The number of nitrogens with zero attached hydrogens (tertiary/aromatic N) is 2. The van der Waals surface area contributed by atoms with Crippen molar-refractivity contribution in [2.75, 3.05) is 39.8 Å². The molecule has 4 rings (SSSR count). The molecule has 1 amide bonds. The number of piperidine rings is 3. The number of alkyl halides is 3. The lowest BCUT2D eigenvalue weighted by molar-refractivity contribution is -0.137. The van der Waals surface area contributed by atoms with Crippen LogP contribution in [0, 0.1) is 24.2 Å². The minimum atomic E-state index is -4.39. The maximum atomic E-state index is 12.6. The number of rotatable bonds is 6. The summed E-state index contributed by atoms with van der Waals surface area (Å²) in [4.78, 5) is 16.9. The molecule has 0 aliphatic carbocycles. The van der Waals surface area contributed by atoms with Gasteiger partial charge in [0.15, 0.2) is 0 Å². The van der Waals surface area contributed by atoms with Crippen LogP contribution in [0.5, 0.6) is 0 Å². The molecule has 4 nitrogen and oxygen atoms in total. The number of halogens is 3. The Labute approximate surface area is 164 Å². The standard InChI is InChI=1S/C21H26F3N3O/c1-3-9-26(2)13-17-14-27-10-8-16(17)11-19(27)12-25-20(28)15-4-6-18(7-5-15)21(22,23)24/h1,4-7,16-17,19H,8-14H2,2H3,(H,25,28)/t16-,17-,19+/m0/s1. The van der Waals surface area contributed by atoms with E-state index in [-0.39, 0.29) is 17.5 Å². The number of terminal acetylenes is 1. The first-order chi connectivity index (χ1) is 13.3. The molecule has 0 spiro atoms. The second-order valence-corrected chi connectivity index (χ2v) is 7.88. The number of carbonyl (C=O) groups excluding carboxylic acids is 1. The van der Waals surface area contributed by atoms with Crippen molar-refractivity contribution in [3.8, 4) is 12.3 Å². The Kier molecular flexibility index (Phi) is 6.31. The molecule has 1 N–H and O–H groups in total. The van der Waals surface area contributed by atoms with Crippen LogP contribution in [0.4, 0.5) is 13.2 Å². The third-order valence-corrected chi connectivity index (χ3v) is 5.89. The Balaban J connectivity index is 1.51. The smallest absolute Gasteiger partial charge is 0.350 e. The summed E-state index contributed by atoms with van der Waals surface area (Å²) in [6.45, 7) is 4.18. The molecule has 3 saturated heterocycles. The highest BCUT2D eigenvalue weighted by atomic mass is 19.4. The van der Waals surface area contributed by atoms with E-state index in [1.807, 2.05) is 7.05 Å². The first kappa shape index (κ1) is 20.7. The summed E-state index contributed by atoms with van der Waals surface area (Å²) in [5.74, 6) is 3.56. The number of fused-ring (bicyclic) bond motifs is 3. The van der Waals surface area contributed by atoms with Crippen LogP contribution in [-0.4, -0.2) is 61.5 Å². The van der Waals surface area contributed by atoms with Crippen LogP contribution in [0.25, 0.3) is 0 Å². The zero-order chi connectivity index (χ0) is 20.3. The summed E-state index contributed by atoms with van der Waals surface area (Å²) in [5.41, 5.74) is -0.502. The topological polar surface area (TPSA) is 35.6 Å². The summed E-state index contributed by atoms with van der Waals surface area (Å²) in [6.07, 6.45) is 3.18. The molecule has 152 valence electrons. The Bertz CT molecular complexity index is 726. The Morgan fingerprint density at radius 2 is 2.07 bits per heavy atom. The monoisotopic (exact) mass is 393 g/mol. The van der Waals surface area contributed by atoms with E-state index in [9.17, 15) is 18.0 Å². The average molecular weight is 393 g/mol. The van der Waals surface area contributed by atoms with Gasteiger partial charge in [0.2, 0.25) is 0 Å². The number of amides is 1. The second-order valence-electron chi connectivity index (χ2n) is 7.88. The largest absolute Gasteiger partial charge is 0.416 e. The number of hydrogen-bond donors (Lipinski definition) is 1. The van der Waals surface area contributed by atoms with Gasteiger partial charge in [-0.2, -0.15) is 13.2 Å². The van der Waals surface area contributed by atoms with E-state index >= 15 is 0 Å². The molecular weight excluding hydrogens is 367 g/mol. The van der Waals surface area contributed by atoms with Gasteiger partial charge >= 0.3 is 6.18 Å². The Morgan fingerprint density at radius 3 is 2.64 bits per heavy atom. The van der Waals surface area contributed by atoms with E-state index < -0.39 is 11.7 Å². The van der Waals surface area contributed by atoms with Gasteiger partial charge < -0.3 is 5.32 Å². The molecule has 3 aliphatic heterocycles. The second kappa shape index (κ2) is 8.54. The van der Waals surface area contributed by atoms with Crippen molar-refractivity contribution in [1.29, 1.82) is 0 Å². The van der Waals surface area contributed by atoms with Crippen molar-refractivity contribution in [2.24, 2.45) is 11.8 Å². The van der Waals surface area contributed by atoms with Crippen LogP contribution in [0.1, 0.15) is 28.8 Å². The molecule has 1 aromatic rings. The Hall–Kier alpha value is -2.04. The van der Waals surface area contributed by atoms with Crippen LogP contribution >= 0.6 is 0 Å². The third-order valence-electron chi connectivity index (χ3n) is 5.89. The van der Waals surface area contributed by atoms with Gasteiger partial charge in [-0.05, 0) is 62.5 Å². The summed E-state index contributed by atoms with van der Waals surface area (Å²) in [5, 5.41) is 2.89. The SMILES string of the molecule is C#CCN(C)C[C@H]1CN2CC[C@H]1C[C@@H]2CNC(=O)c1ccc(C(F)(F)F)cc1. The fraction of sp³-hybridized carbons (Fsp3) is 0.571. The first-order valence-electron chi connectivity index (χ1n) is 9.59. The minimum absolute atomic E-state index is 0.248. The fourth-order valence-electron chi connectivity index (χ4n) is 4.41. The molecule has 7 heteroatoms. The molecular formula is C21H26F3N3O. The molecule has 0 saturated carbocycles. The summed E-state index contributed by atoms with van der Waals surface area (Å²) >= 11 is 0. The number of benzene rings is 1. The van der Waals surface area contributed by atoms with E-state index in [1.165, 1.54) is 12.1 Å². The molecule has 1 unspecified atom stereocenters. The van der Waals surface area contributed by atoms with Crippen molar-refractivity contribution in [3.05, 3.63) is 35.4 Å². The average Bonchev–Trinajstić information content (AvgIpc) is 2.66. The lowest BCUT2D eigenvalue weighted by Gasteiger charge is -2.50. The maximum Gasteiger partial charge on any atom is 0.416 e. The Morgan fingerprint density at radius 1 is 1.36 bits per heavy atom. The quantitative estimate of drug-likeness (QED) is 0.755. The highest BCUT2D eigenvalue weighted by molar-refractivity contribution is 5.94. The van der Waals surface area contributed by atoms with Crippen LogP contribution in [0.2, 0.25) is 0 Å². The van der Waals surface area contributed by atoms with Gasteiger partial charge in [0.25, 0.3) is 5.91 Å². The van der Waals surface area contributed by atoms with E-state index in [1.54, 1.807) is 0 Å². The normalized spacial score (nSPS) is 26.9. The van der Waals surface area contributed by atoms with Crippen LogP contribution in [0.15, 0.2) is 24.3 Å². The van der Waals surface area contributed by atoms with E-state index in [4.69, 9.17) is 6.42 Å². The first-order valence-corrected chi connectivity index (χ1v) is 9.59. The zero-order valence-corrected chi connectivity index (χ0v) is 16.0. The van der Waals surface area contributed by atoms with E-state index in [2.05, 4.69) is 21.0 Å². The molecule has 3 heterocycles. The van der Waals surface area contributed by atoms with Gasteiger partial charge in [-0.15, -0.1) is 6.42 Å². The molecule has 2 bridgehead atoms. The van der Waals surface area contributed by atoms with Crippen LogP contribution in [-0.2, 0) is 6.18 Å². The lowest BCUT2D eigenvalue weighted by Crippen LogP contribution is -2.58. The van der Waals surface area contributed by atoms with Gasteiger partial charge in [-0.1, -0.05) is 5.92 Å².